The molecule has 0 atom stereocenters. The van der Waals surface area contributed by atoms with Crippen molar-refractivity contribution in [3.8, 4) is 6.07 Å². The van der Waals surface area contributed by atoms with Gasteiger partial charge < -0.3 is 0 Å². The van der Waals surface area contributed by atoms with Crippen LogP contribution in [0.2, 0.25) is 0 Å². The molecule has 0 aliphatic rings. The van der Waals surface area contributed by atoms with Gasteiger partial charge in [0.25, 0.3) is 0 Å². The minimum absolute atomic E-state index is 0.976. The minimum atomic E-state index is 0.976. The molecule has 0 N–H and O–H groups in total. The quantitative estimate of drug-likeness (QED) is 0.478. The van der Waals surface area contributed by atoms with E-state index >= 15 is 0 Å². The number of thiol groups is 1. The SMILES string of the molecule is N#CC=[SH]c1ccccc1. The first-order chi connectivity index (χ1) is 4.93. The summed E-state index contributed by atoms with van der Waals surface area (Å²) >= 11 is 0.976. The first-order valence-corrected chi connectivity index (χ1v) is 3.87. The average molecular weight is 149 g/mol. The van der Waals surface area contributed by atoms with Gasteiger partial charge in [0.1, 0.15) is 0 Å². The van der Waals surface area contributed by atoms with E-state index in [2.05, 4.69) is 0 Å². The molecule has 0 aliphatic heterocycles. The van der Waals surface area contributed by atoms with Gasteiger partial charge in [-0.3, -0.25) is 0 Å². The van der Waals surface area contributed by atoms with Crippen molar-refractivity contribution in [1.29, 1.82) is 5.26 Å². The fraction of sp³-hybridized carbons (Fsp3) is 0. The van der Waals surface area contributed by atoms with E-state index in [9.17, 15) is 0 Å². The standard InChI is InChI=1S/C8H7NS/c9-6-7-10-8-4-2-1-3-5-8/h1-5,7,10H. The number of nitrogens with zero attached hydrogens (tertiary/aromatic N) is 1. The van der Waals surface area contributed by atoms with Crippen LogP contribution in [0, 0.1) is 11.3 Å². The van der Waals surface area contributed by atoms with Crippen molar-refractivity contribution < 1.29 is 0 Å². The molecule has 1 nitrogen and oxygen atoms in total. The largest absolute Gasteiger partial charge is 0.193 e. The molecule has 0 spiro atoms. The van der Waals surface area contributed by atoms with Gasteiger partial charge >= 0.3 is 0 Å². The average Bonchev–Trinajstić information content (AvgIpc) is 2.03. The zero-order chi connectivity index (χ0) is 7.23. The highest BCUT2D eigenvalue weighted by atomic mass is 32.1. The molecule has 0 aromatic heterocycles. The molecule has 0 saturated carbocycles. The van der Waals surface area contributed by atoms with Crippen molar-refractivity contribution in [3.63, 3.8) is 0 Å². The molecule has 10 heavy (non-hydrogen) atoms. The van der Waals surface area contributed by atoms with Crippen LogP contribution >= 0.6 is 11.4 Å². The zero-order valence-corrected chi connectivity index (χ0v) is 6.25. The molecule has 0 aliphatic carbocycles. The molecule has 0 saturated heterocycles. The van der Waals surface area contributed by atoms with E-state index in [4.69, 9.17) is 5.26 Å². The van der Waals surface area contributed by atoms with Gasteiger partial charge in [-0.1, -0.05) is 18.2 Å². The van der Waals surface area contributed by atoms with Crippen LogP contribution < -0.4 is 0 Å². The second kappa shape index (κ2) is 3.86. The van der Waals surface area contributed by atoms with Crippen molar-refractivity contribution in [2.75, 3.05) is 0 Å². The molecule has 0 radical (unpaired) electrons. The third-order valence-corrected chi connectivity index (χ3v) is 1.87. The minimum Gasteiger partial charge on any atom is -0.193 e. The number of rotatable bonds is 1. The first-order valence-electron chi connectivity index (χ1n) is 2.90. The van der Waals surface area contributed by atoms with Crippen LogP contribution in [-0.2, 0) is 0 Å². The summed E-state index contributed by atoms with van der Waals surface area (Å²) in [6, 6.07) is 11.9. The van der Waals surface area contributed by atoms with E-state index in [1.54, 1.807) is 5.37 Å². The first kappa shape index (κ1) is 7.04. The molecule has 50 valence electrons. The third kappa shape index (κ3) is 2.04. The van der Waals surface area contributed by atoms with E-state index in [0.717, 1.165) is 16.2 Å². The Bertz CT molecular complexity index is 258. The summed E-state index contributed by atoms with van der Waals surface area (Å²) in [5, 5.41) is 9.78. The summed E-state index contributed by atoms with van der Waals surface area (Å²) < 4.78 is 0. The second-order valence-electron chi connectivity index (χ2n) is 1.72. The van der Waals surface area contributed by atoms with Crippen LogP contribution in [0.5, 0.6) is 0 Å². The Morgan fingerprint density at radius 2 is 2.00 bits per heavy atom. The van der Waals surface area contributed by atoms with Gasteiger partial charge in [0.2, 0.25) is 0 Å². The van der Waals surface area contributed by atoms with Crippen LogP contribution in [0.1, 0.15) is 0 Å². The number of hydrogen-bond acceptors (Lipinski definition) is 1. The molecular formula is C8H7NS. The summed E-state index contributed by atoms with van der Waals surface area (Å²) in [7, 11) is 0. The molecular weight excluding hydrogens is 142 g/mol. The molecule has 1 aromatic carbocycles. The number of nitriles is 1. The highest BCUT2D eigenvalue weighted by Crippen LogP contribution is 2.06. The number of hydrogen-bond donors (Lipinski definition) is 1. The maximum absolute atomic E-state index is 8.22. The Hall–Kier alpha value is -1.07. The van der Waals surface area contributed by atoms with E-state index in [0.29, 0.717) is 0 Å². The monoisotopic (exact) mass is 149 g/mol. The van der Waals surface area contributed by atoms with Crippen molar-refractivity contribution >= 4 is 16.7 Å². The lowest BCUT2D eigenvalue weighted by Crippen LogP contribution is -1.63. The Kier molecular flexibility index (Phi) is 2.72. The van der Waals surface area contributed by atoms with E-state index in [1.807, 2.05) is 36.4 Å². The van der Waals surface area contributed by atoms with Crippen molar-refractivity contribution in [2.24, 2.45) is 0 Å². The molecule has 0 bridgehead atoms. The summed E-state index contributed by atoms with van der Waals surface area (Å²) in [5.41, 5.74) is 0. The van der Waals surface area contributed by atoms with Crippen molar-refractivity contribution in [3.05, 3.63) is 30.3 Å². The van der Waals surface area contributed by atoms with Crippen molar-refractivity contribution in [1.82, 2.24) is 0 Å². The molecule has 0 fully saturated rings. The lowest BCUT2D eigenvalue weighted by Gasteiger charge is -1.87. The summed E-state index contributed by atoms with van der Waals surface area (Å²) in [5.74, 6) is 0. The molecule has 2 heteroatoms. The van der Waals surface area contributed by atoms with Gasteiger partial charge in [-0.2, -0.15) is 16.6 Å². The van der Waals surface area contributed by atoms with Gasteiger partial charge in [-0.05, 0) is 17.0 Å². The van der Waals surface area contributed by atoms with Gasteiger partial charge in [0.05, 0.1) is 6.07 Å². The lowest BCUT2D eigenvalue weighted by atomic mass is 10.4. The summed E-state index contributed by atoms with van der Waals surface area (Å²) in [6.45, 7) is 0. The van der Waals surface area contributed by atoms with E-state index < -0.39 is 0 Å². The summed E-state index contributed by atoms with van der Waals surface area (Å²) in [6.07, 6.45) is 0. The fourth-order valence-corrected chi connectivity index (χ4v) is 1.17. The third-order valence-electron chi connectivity index (χ3n) is 1.03. The predicted octanol–water partition coefficient (Wildman–Crippen LogP) is 1.84. The maximum Gasteiger partial charge on any atom is 0.0974 e. The zero-order valence-electron chi connectivity index (χ0n) is 5.36. The topological polar surface area (TPSA) is 23.8 Å². The smallest absolute Gasteiger partial charge is 0.0974 e. The van der Waals surface area contributed by atoms with Crippen LogP contribution in [0.15, 0.2) is 35.2 Å². The van der Waals surface area contributed by atoms with E-state index in [1.165, 1.54) is 0 Å². The van der Waals surface area contributed by atoms with Crippen LogP contribution in [0.4, 0.5) is 0 Å². The summed E-state index contributed by atoms with van der Waals surface area (Å²) in [4.78, 5) is 1.16. The van der Waals surface area contributed by atoms with Crippen LogP contribution in [0.3, 0.4) is 0 Å². The lowest BCUT2D eigenvalue weighted by molar-refractivity contribution is 1.48. The van der Waals surface area contributed by atoms with Crippen LogP contribution in [-0.4, -0.2) is 5.37 Å². The van der Waals surface area contributed by atoms with Gasteiger partial charge in [-0.25, -0.2) is 0 Å². The predicted molar refractivity (Wildman–Crippen MR) is 45.4 cm³/mol. The Morgan fingerprint density at radius 1 is 1.30 bits per heavy atom. The van der Waals surface area contributed by atoms with Gasteiger partial charge in [-0.15, -0.1) is 0 Å². The van der Waals surface area contributed by atoms with Crippen LogP contribution in [0.25, 0.3) is 0 Å². The normalized spacial score (nSPS) is 10.3. The number of benzene rings is 1. The highest BCUT2D eigenvalue weighted by Gasteiger charge is 1.78. The highest BCUT2D eigenvalue weighted by molar-refractivity contribution is 7.98. The molecule has 0 amide bonds. The van der Waals surface area contributed by atoms with Crippen molar-refractivity contribution in [2.45, 2.75) is 4.90 Å². The Balaban J connectivity index is 2.79. The van der Waals surface area contributed by atoms with Gasteiger partial charge in [0.15, 0.2) is 0 Å². The molecule has 1 aromatic rings. The Labute approximate surface area is 63.9 Å². The molecule has 0 unspecified atom stereocenters. The van der Waals surface area contributed by atoms with Gasteiger partial charge in [0, 0.05) is 5.37 Å². The maximum atomic E-state index is 8.22. The Morgan fingerprint density at radius 3 is 2.60 bits per heavy atom. The van der Waals surface area contributed by atoms with E-state index in [-0.39, 0.29) is 0 Å². The molecule has 0 heterocycles. The second-order valence-corrected chi connectivity index (χ2v) is 2.76. The fourth-order valence-electron chi connectivity index (χ4n) is 0.617. The molecule has 1 rings (SSSR count).